The molecular formula is C8H9Cl2N5. The zero-order chi connectivity index (χ0) is 11.4. The second-order valence-electron chi connectivity index (χ2n) is 2.63. The van der Waals surface area contributed by atoms with Gasteiger partial charge < -0.3 is 17.2 Å². The van der Waals surface area contributed by atoms with Gasteiger partial charge in [0.2, 0.25) is 5.96 Å². The molecule has 0 aliphatic carbocycles. The third-order valence-corrected chi connectivity index (χ3v) is 2.27. The van der Waals surface area contributed by atoms with Crippen LogP contribution in [0.15, 0.2) is 22.3 Å². The van der Waals surface area contributed by atoms with Gasteiger partial charge in [-0.25, -0.2) is 0 Å². The lowest BCUT2D eigenvalue weighted by atomic mass is 10.2. The SMILES string of the molecule is NC(N)=N/N=C/c1c(Cl)ccc(N)c1Cl. The monoisotopic (exact) mass is 245 g/mol. The Balaban J connectivity index is 3.09. The molecule has 0 atom stereocenters. The van der Waals surface area contributed by atoms with Gasteiger partial charge in [0.15, 0.2) is 0 Å². The van der Waals surface area contributed by atoms with Crippen molar-refractivity contribution >= 4 is 41.1 Å². The normalized spacial score (nSPS) is 10.5. The maximum Gasteiger partial charge on any atom is 0.211 e. The molecule has 80 valence electrons. The van der Waals surface area contributed by atoms with E-state index in [1.165, 1.54) is 6.21 Å². The highest BCUT2D eigenvalue weighted by Gasteiger charge is 2.06. The van der Waals surface area contributed by atoms with Crippen LogP contribution in [0.1, 0.15) is 5.56 Å². The first-order chi connectivity index (χ1) is 7.02. The highest BCUT2D eigenvalue weighted by atomic mass is 35.5. The fourth-order valence-corrected chi connectivity index (χ4v) is 1.33. The largest absolute Gasteiger partial charge is 0.398 e. The Kier molecular flexibility index (Phi) is 3.76. The van der Waals surface area contributed by atoms with Gasteiger partial charge >= 0.3 is 0 Å². The molecule has 1 aromatic carbocycles. The first-order valence-corrected chi connectivity index (χ1v) is 4.63. The minimum Gasteiger partial charge on any atom is -0.398 e. The van der Waals surface area contributed by atoms with Gasteiger partial charge in [0.25, 0.3) is 0 Å². The van der Waals surface area contributed by atoms with Gasteiger partial charge in [-0.15, -0.1) is 5.10 Å². The summed E-state index contributed by atoms with van der Waals surface area (Å²) in [7, 11) is 0. The van der Waals surface area contributed by atoms with Crippen molar-refractivity contribution < 1.29 is 0 Å². The van der Waals surface area contributed by atoms with Crippen molar-refractivity contribution in [2.75, 3.05) is 5.73 Å². The van der Waals surface area contributed by atoms with Crippen LogP contribution in [0.5, 0.6) is 0 Å². The predicted molar refractivity (Wildman–Crippen MR) is 64.3 cm³/mol. The van der Waals surface area contributed by atoms with Gasteiger partial charge in [0.1, 0.15) is 0 Å². The molecule has 0 bridgehead atoms. The number of nitrogens with two attached hydrogens (primary N) is 3. The third kappa shape index (κ3) is 3.00. The van der Waals surface area contributed by atoms with Crippen LogP contribution < -0.4 is 17.2 Å². The molecule has 1 rings (SSSR count). The van der Waals surface area contributed by atoms with Crippen molar-refractivity contribution in [2.45, 2.75) is 0 Å². The molecule has 6 N–H and O–H groups in total. The minimum absolute atomic E-state index is 0.151. The van der Waals surface area contributed by atoms with Crippen molar-refractivity contribution in [3.05, 3.63) is 27.7 Å². The second-order valence-corrected chi connectivity index (χ2v) is 3.42. The molecular weight excluding hydrogens is 237 g/mol. The molecule has 7 heteroatoms. The fourth-order valence-electron chi connectivity index (χ4n) is 0.858. The van der Waals surface area contributed by atoms with E-state index in [0.29, 0.717) is 21.3 Å². The van der Waals surface area contributed by atoms with Crippen molar-refractivity contribution in [3.8, 4) is 0 Å². The molecule has 0 saturated carbocycles. The Morgan fingerprint density at radius 2 is 1.93 bits per heavy atom. The standard InChI is InChI=1S/C8H9Cl2N5/c9-5-1-2-6(11)7(10)4(5)3-14-15-8(12)13/h1-3H,11H2,(H4,12,13,15)/b14-3+. The number of rotatable bonds is 2. The summed E-state index contributed by atoms with van der Waals surface area (Å²) in [6.07, 6.45) is 1.33. The molecule has 0 fully saturated rings. The number of benzene rings is 1. The van der Waals surface area contributed by atoms with Crippen molar-refractivity contribution in [2.24, 2.45) is 21.7 Å². The average Bonchev–Trinajstić information content (AvgIpc) is 2.17. The van der Waals surface area contributed by atoms with Gasteiger partial charge in [-0.2, -0.15) is 5.10 Å². The summed E-state index contributed by atoms with van der Waals surface area (Å²) in [5.41, 5.74) is 16.6. The molecule has 1 aromatic rings. The zero-order valence-electron chi connectivity index (χ0n) is 7.61. The summed E-state index contributed by atoms with van der Waals surface area (Å²) in [6, 6.07) is 3.21. The number of hydrogen-bond acceptors (Lipinski definition) is 3. The lowest BCUT2D eigenvalue weighted by Crippen LogP contribution is -2.21. The summed E-state index contributed by atoms with van der Waals surface area (Å²) in [5, 5.41) is 7.74. The smallest absolute Gasteiger partial charge is 0.211 e. The molecule has 0 spiro atoms. The molecule has 0 heterocycles. The number of nitrogen functional groups attached to an aromatic ring is 1. The van der Waals surface area contributed by atoms with Gasteiger partial charge in [0.05, 0.1) is 21.9 Å². The van der Waals surface area contributed by atoms with Crippen LogP contribution in [0.25, 0.3) is 0 Å². The van der Waals surface area contributed by atoms with E-state index in [1.54, 1.807) is 12.1 Å². The van der Waals surface area contributed by atoms with E-state index in [-0.39, 0.29) is 5.96 Å². The summed E-state index contributed by atoms with van der Waals surface area (Å²) in [5.74, 6) is -0.151. The van der Waals surface area contributed by atoms with Crippen LogP contribution in [0.2, 0.25) is 10.0 Å². The Bertz CT molecular complexity index is 423. The number of halogens is 2. The van der Waals surface area contributed by atoms with Crippen LogP contribution in [-0.2, 0) is 0 Å². The van der Waals surface area contributed by atoms with E-state index in [2.05, 4.69) is 10.2 Å². The van der Waals surface area contributed by atoms with E-state index in [4.69, 9.17) is 40.4 Å². The van der Waals surface area contributed by atoms with Crippen molar-refractivity contribution in [1.29, 1.82) is 0 Å². The summed E-state index contributed by atoms with van der Waals surface area (Å²) >= 11 is 11.8. The lowest BCUT2D eigenvalue weighted by Gasteiger charge is -2.03. The van der Waals surface area contributed by atoms with Gasteiger partial charge in [-0.05, 0) is 12.1 Å². The Hall–Kier alpha value is -1.46. The Labute approximate surface area is 96.5 Å². The molecule has 0 aliphatic heterocycles. The van der Waals surface area contributed by atoms with E-state index >= 15 is 0 Å². The lowest BCUT2D eigenvalue weighted by molar-refractivity contribution is 1.21. The summed E-state index contributed by atoms with van der Waals surface area (Å²) < 4.78 is 0. The quantitative estimate of drug-likeness (QED) is 0.316. The number of guanidine groups is 1. The first kappa shape index (κ1) is 11.6. The molecule has 0 saturated heterocycles. The molecule has 0 amide bonds. The molecule has 0 aromatic heterocycles. The second kappa shape index (κ2) is 4.86. The minimum atomic E-state index is -0.151. The third-order valence-electron chi connectivity index (χ3n) is 1.52. The number of anilines is 1. The zero-order valence-corrected chi connectivity index (χ0v) is 9.13. The predicted octanol–water partition coefficient (Wildman–Crippen LogP) is 1.18. The van der Waals surface area contributed by atoms with Gasteiger partial charge in [-0.3, -0.25) is 0 Å². The topological polar surface area (TPSA) is 103 Å². The number of hydrogen-bond donors (Lipinski definition) is 3. The first-order valence-electron chi connectivity index (χ1n) is 3.88. The Morgan fingerprint density at radius 1 is 1.27 bits per heavy atom. The van der Waals surface area contributed by atoms with Crippen LogP contribution >= 0.6 is 23.2 Å². The van der Waals surface area contributed by atoms with E-state index in [1.807, 2.05) is 0 Å². The van der Waals surface area contributed by atoms with Gasteiger partial charge in [0, 0.05) is 5.56 Å². The number of nitrogens with zero attached hydrogens (tertiary/aromatic N) is 2. The molecule has 5 nitrogen and oxygen atoms in total. The maximum absolute atomic E-state index is 5.90. The summed E-state index contributed by atoms with van der Waals surface area (Å²) in [4.78, 5) is 0. The van der Waals surface area contributed by atoms with E-state index < -0.39 is 0 Å². The van der Waals surface area contributed by atoms with Crippen LogP contribution in [-0.4, -0.2) is 12.2 Å². The highest BCUT2D eigenvalue weighted by Crippen LogP contribution is 2.28. The molecule has 0 unspecified atom stereocenters. The Morgan fingerprint density at radius 3 is 2.53 bits per heavy atom. The summed E-state index contributed by atoms with van der Waals surface area (Å²) in [6.45, 7) is 0. The van der Waals surface area contributed by atoms with E-state index in [0.717, 1.165) is 0 Å². The van der Waals surface area contributed by atoms with Crippen LogP contribution in [0.4, 0.5) is 5.69 Å². The molecule has 0 radical (unpaired) electrons. The van der Waals surface area contributed by atoms with Crippen LogP contribution in [0, 0.1) is 0 Å². The van der Waals surface area contributed by atoms with Crippen LogP contribution in [0.3, 0.4) is 0 Å². The maximum atomic E-state index is 5.90. The highest BCUT2D eigenvalue weighted by molar-refractivity contribution is 6.40. The molecule has 0 aliphatic rings. The molecule has 15 heavy (non-hydrogen) atoms. The van der Waals surface area contributed by atoms with Crippen molar-refractivity contribution in [3.63, 3.8) is 0 Å². The average molecular weight is 246 g/mol. The van der Waals surface area contributed by atoms with E-state index in [9.17, 15) is 0 Å². The van der Waals surface area contributed by atoms with Crippen molar-refractivity contribution in [1.82, 2.24) is 0 Å². The fraction of sp³-hybridized carbons (Fsp3) is 0. The van der Waals surface area contributed by atoms with Gasteiger partial charge in [-0.1, -0.05) is 23.2 Å².